The van der Waals surface area contributed by atoms with Crippen LogP contribution in [-0.4, -0.2) is 9.25 Å². The van der Waals surface area contributed by atoms with Gasteiger partial charge in [-0.15, -0.1) is 0 Å². The third kappa shape index (κ3) is 1.24. The number of aliphatic imine (C=N–C) groups is 1. The molecule has 4 heteroatoms. The van der Waals surface area contributed by atoms with Crippen LogP contribution in [0, 0.1) is 11.3 Å². The maximum absolute atomic E-state index is 10.7. The number of rotatable bonds is 1. The second-order valence-corrected chi connectivity index (χ2v) is 2.78. The standard InChI is InChI=1S/C5H4N2OS/c6-2-1-5-7-3-4-9(5)8/h3-4H,1H2. The molecule has 0 spiro atoms. The molecule has 0 radical (unpaired) electrons. The Morgan fingerprint density at radius 2 is 2.67 bits per heavy atom. The monoisotopic (exact) mass is 140 g/mol. The molecular formula is C5H4N2OS. The van der Waals surface area contributed by atoms with Crippen molar-refractivity contribution in [1.29, 1.82) is 5.26 Å². The molecule has 0 aromatic rings. The fourth-order valence-electron chi connectivity index (χ4n) is 0.484. The van der Waals surface area contributed by atoms with Crippen molar-refractivity contribution in [3.8, 4) is 6.07 Å². The van der Waals surface area contributed by atoms with E-state index >= 15 is 0 Å². The maximum Gasteiger partial charge on any atom is 0.122 e. The van der Waals surface area contributed by atoms with E-state index in [0.717, 1.165) is 0 Å². The highest BCUT2D eigenvalue weighted by Crippen LogP contribution is 2.03. The predicted molar refractivity (Wildman–Crippen MR) is 34.9 cm³/mol. The van der Waals surface area contributed by atoms with E-state index in [-0.39, 0.29) is 6.42 Å². The molecule has 1 heterocycles. The van der Waals surface area contributed by atoms with Crippen LogP contribution < -0.4 is 0 Å². The first-order chi connectivity index (χ1) is 4.34. The Balaban J connectivity index is 2.67. The lowest BCUT2D eigenvalue weighted by molar-refractivity contribution is 0.694. The van der Waals surface area contributed by atoms with E-state index in [9.17, 15) is 4.21 Å². The van der Waals surface area contributed by atoms with Crippen molar-refractivity contribution >= 4 is 15.8 Å². The minimum Gasteiger partial charge on any atom is -0.250 e. The van der Waals surface area contributed by atoms with Crippen LogP contribution in [0.1, 0.15) is 6.42 Å². The summed E-state index contributed by atoms with van der Waals surface area (Å²) in [4.78, 5) is 3.72. The molecule has 1 unspecified atom stereocenters. The molecule has 0 saturated heterocycles. The van der Waals surface area contributed by atoms with Gasteiger partial charge in [0.25, 0.3) is 0 Å². The summed E-state index contributed by atoms with van der Waals surface area (Å²) >= 11 is 0. The lowest BCUT2D eigenvalue weighted by Gasteiger charge is -1.85. The molecule has 1 aliphatic rings. The van der Waals surface area contributed by atoms with Gasteiger partial charge in [0.15, 0.2) is 0 Å². The molecule has 3 nitrogen and oxygen atoms in total. The Morgan fingerprint density at radius 3 is 3.11 bits per heavy atom. The van der Waals surface area contributed by atoms with Crippen molar-refractivity contribution in [2.45, 2.75) is 6.42 Å². The largest absolute Gasteiger partial charge is 0.250 e. The zero-order chi connectivity index (χ0) is 6.69. The van der Waals surface area contributed by atoms with Gasteiger partial charge >= 0.3 is 0 Å². The molecule has 1 rings (SSSR count). The van der Waals surface area contributed by atoms with Gasteiger partial charge in [-0.25, -0.2) is 9.20 Å². The second kappa shape index (κ2) is 2.55. The van der Waals surface area contributed by atoms with Gasteiger partial charge in [0.05, 0.1) is 23.3 Å². The summed E-state index contributed by atoms with van der Waals surface area (Å²) in [6.45, 7) is 0. The average Bonchev–Trinajstić information content (AvgIpc) is 2.18. The molecule has 1 aliphatic heterocycles. The Kier molecular flexibility index (Phi) is 1.75. The van der Waals surface area contributed by atoms with Crippen molar-refractivity contribution < 1.29 is 4.21 Å². The summed E-state index contributed by atoms with van der Waals surface area (Å²) in [6.07, 6.45) is 1.63. The van der Waals surface area contributed by atoms with Crippen LogP contribution in [-0.2, 0) is 10.8 Å². The average molecular weight is 140 g/mol. The Bertz CT molecular complexity index is 236. The van der Waals surface area contributed by atoms with Crippen LogP contribution in [0.4, 0.5) is 0 Å². The lowest BCUT2D eigenvalue weighted by Crippen LogP contribution is -1.98. The highest BCUT2D eigenvalue weighted by molar-refractivity contribution is 8.03. The Morgan fingerprint density at radius 1 is 1.89 bits per heavy atom. The van der Waals surface area contributed by atoms with Crippen molar-refractivity contribution in [3.05, 3.63) is 11.6 Å². The van der Waals surface area contributed by atoms with Crippen LogP contribution in [0.15, 0.2) is 16.6 Å². The highest BCUT2D eigenvalue weighted by Gasteiger charge is 2.08. The van der Waals surface area contributed by atoms with Gasteiger partial charge in [-0.05, 0) is 0 Å². The summed E-state index contributed by atoms with van der Waals surface area (Å²) < 4.78 is 10.7. The first-order valence-electron chi connectivity index (χ1n) is 2.35. The molecule has 0 N–H and O–H groups in total. The quantitative estimate of drug-likeness (QED) is 0.533. The SMILES string of the molecule is N#CCC1=NC=CS1=O. The van der Waals surface area contributed by atoms with Crippen molar-refractivity contribution in [2.24, 2.45) is 4.99 Å². The van der Waals surface area contributed by atoms with Gasteiger partial charge in [0, 0.05) is 11.6 Å². The third-order valence-electron chi connectivity index (χ3n) is 0.865. The molecular weight excluding hydrogens is 136 g/mol. The van der Waals surface area contributed by atoms with Gasteiger partial charge < -0.3 is 0 Å². The number of hydrogen-bond donors (Lipinski definition) is 0. The summed E-state index contributed by atoms with van der Waals surface area (Å²) in [5.41, 5.74) is 0. The van der Waals surface area contributed by atoms with Gasteiger partial charge in [-0.1, -0.05) is 0 Å². The summed E-state index contributed by atoms with van der Waals surface area (Å²) in [5.74, 6) is 0. The molecule has 0 fully saturated rings. The molecule has 0 bridgehead atoms. The van der Waals surface area contributed by atoms with E-state index in [0.29, 0.717) is 5.04 Å². The Labute approximate surface area is 55.2 Å². The molecule has 0 saturated carbocycles. The minimum atomic E-state index is -1.11. The van der Waals surface area contributed by atoms with Crippen LogP contribution in [0.5, 0.6) is 0 Å². The highest BCUT2D eigenvalue weighted by atomic mass is 32.2. The smallest absolute Gasteiger partial charge is 0.122 e. The molecule has 0 aromatic carbocycles. The van der Waals surface area contributed by atoms with E-state index in [4.69, 9.17) is 5.26 Å². The number of nitriles is 1. The van der Waals surface area contributed by atoms with E-state index in [1.54, 1.807) is 0 Å². The van der Waals surface area contributed by atoms with Crippen LogP contribution in [0.2, 0.25) is 0 Å². The summed E-state index contributed by atoms with van der Waals surface area (Å²) in [7, 11) is -1.11. The van der Waals surface area contributed by atoms with E-state index in [2.05, 4.69) is 4.99 Å². The van der Waals surface area contributed by atoms with Gasteiger partial charge in [0.1, 0.15) is 5.04 Å². The minimum absolute atomic E-state index is 0.166. The first kappa shape index (κ1) is 6.17. The van der Waals surface area contributed by atoms with Crippen LogP contribution in [0.25, 0.3) is 0 Å². The number of hydrogen-bond acceptors (Lipinski definition) is 3. The van der Waals surface area contributed by atoms with Crippen molar-refractivity contribution in [3.63, 3.8) is 0 Å². The van der Waals surface area contributed by atoms with Gasteiger partial charge in [0.2, 0.25) is 0 Å². The van der Waals surface area contributed by atoms with E-state index < -0.39 is 10.8 Å². The van der Waals surface area contributed by atoms with Crippen LogP contribution in [0.3, 0.4) is 0 Å². The lowest BCUT2D eigenvalue weighted by atomic mass is 10.5. The van der Waals surface area contributed by atoms with Gasteiger partial charge in [-0.3, -0.25) is 0 Å². The predicted octanol–water partition coefficient (Wildman–Crippen LogP) is 0.532. The Hall–Kier alpha value is -0.950. The normalized spacial score (nSPS) is 23.4. The molecule has 9 heavy (non-hydrogen) atoms. The van der Waals surface area contributed by atoms with E-state index in [1.165, 1.54) is 11.6 Å². The fraction of sp³-hybridized carbons (Fsp3) is 0.200. The van der Waals surface area contributed by atoms with Crippen molar-refractivity contribution in [1.82, 2.24) is 0 Å². The summed E-state index contributed by atoms with van der Waals surface area (Å²) in [5, 5.41) is 10.1. The van der Waals surface area contributed by atoms with Gasteiger partial charge in [-0.2, -0.15) is 5.26 Å². The van der Waals surface area contributed by atoms with Crippen LogP contribution >= 0.6 is 0 Å². The zero-order valence-electron chi connectivity index (χ0n) is 4.57. The summed E-state index contributed by atoms with van der Waals surface area (Å²) in [6, 6.07) is 1.88. The molecule has 1 atom stereocenters. The van der Waals surface area contributed by atoms with E-state index in [1.807, 2.05) is 6.07 Å². The molecule has 0 amide bonds. The molecule has 46 valence electrons. The molecule has 0 aliphatic carbocycles. The molecule has 0 aromatic heterocycles. The third-order valence-corrected chi connectivity index (χ3v) is 1.95. The number of nitrogens with zero attached hydrogens (tertiary/aromatic N) is 2. The zero-order valence-corrected chi connectivity index (χ0v) is 5.39. The second-order valence-electron chi connectivity index (χ2n) is 1.44. The first-order valence-corrected chi connectivity index (χ1v) is 3.57. The fourth-order valence-corrected chi connectivity index (χ4v) is 1.18. The maximum atomic E-state index is 10.7. The topological polar surface area (TPSA) is 53.2 Å². The van der Waals surface area contributed by atoms with Crippen molar-refractivity contribution in [2.75, 3.05) is 0 Å².